The zero-order valence-corrected chi connectivity index (χ0v) is 12.7. The van der Waals surface area contributed by atoms with E-state index >= 15 is 0 Å². The first-order valence-electron chi connectivity index (χ1n) is 5.84. The van der Waals surface area contributed by atoms with Gasteiger partial charge >= 0.3 is 0 Å². The Kier molecular flexibility index (Phi) is 4.69. The first-order chi connectivity index (χ1) is 9.21. The van der Waals surface area contributed by atoms with E-state index < -0.39 is 0 Å². The van der Waals surface area contributed by atoms with Crippen LogP contribution in [0.25, 0.3) is 11.1 Å². The maximum Gasteiger partial charge on any atom is 0.149 e. The lowest BCUT2D eigenvalue weighted by Crippen LogP contribution is -2.02. The average Bonchev–Trinajstić information content (AvgIpc) is 2.87. The van der Waals surface area contributed by atoms with Crippen LogP contribution >= 0.6 is 22.9 Å². The fourth-order valence-electron chi connectivity index (χ4n) is 1.91. The summed E-state index contributed by atoms with van der Waals surface area (Å²) in [4.78, 5) is 1.27. The summed E-state index contributed by atoms with van der Waals surface area (Å²) in [7, 11) is 5.14. The van der Waals surface area contributed by atoms with Gasteiger partial charge in [0.25, 0.3) is 0 Å². The molecule has 0 aliphatic carbocycles. The van der Waals surface area contributed by atoms with Crippen LogP contribution in [0.2, 0.25) is 5.02 Å². The van der Waals surface area contributed by atoms with Crippen LogP contribution in [0.15, 0.2) is 23.6 Å². The molecule has 0 aliphatic heterocycles. The molecule has 1 aromatic carbocycles. The minimum Gasteiger partial charge on any atom is -0.495 e. The van der Waals surface area contributed by atoms with Gasteiger partial charge < -0.3 is 14.8 Å². The zero-order chi connectivity index (χ0) is 13.8. The van der Waals surface area contributed by atoms with Gasteiger partial charge in [-0.15, -0.1) is 11.3 Å². The topological polar surface area (TPSA) is 30.5 Å². The van der Waals surface area contributed by atoms with Crippen molar-refractivity contribution in [3.8, 4) is 22.6 Å². The molecule has 2 rings (SSSR count). The van der Waals surface area contributed by atoms with Gasteiger partial charge in [-0.1, -0.05) is 11.6 Å². The summed E-state index contributed by atoms with van der Waals surface area (Å²) in [6, 6.07) is 5.96. The Labute approximate surface area is 122 Å². The van der Waals surface area contributed by atoms with Crippen LogP contribution in [-0.2, 0) is 6.54 Å². The van der Waals surface area contributed by atoms with Crippen LogP contribution in [0.3, 0.4) is 0 Å². The second kappa shape index (κ2) is 6.28. The van der Waals surface area contributed by atoms with Crippen molar-refractivity contribution in [1.82, 2.24) is 5.32 Å². The molecule has 3 nitrogen and oxygen atoms in total. The molecular weight excluding hydrogens is 282 g/mol. The maximum atomic E-state index is 6.27. The van der Waals surface area contributed by atoms with Crippen molar-refractivity contribution in [2.24, 2.45) is 0 Å². The maximum absolute atomic E-state index is 6.27. The number of hydrogen-bond acceptors (Lipinski definition) is 4. The summed E-state index contributed by atoms with van der Waals surface area (Å²) in [5.74, 6) is 1.27. The highest BCUT2D eigenvalue weighted by Crippen LogP contribution is 2.42. The monoisotopic (exact) mass is 297 g/mol. The summed E-state index contributed by atoms with van der Waals surface area (Å²) in [6.45, 7) is 0.858. The van der Waals surface area contributed by atoms with E-state index in [1.807, 2.05) is 19.2 Å². The van der Waals surface area contributed by atoms with Crippen molar-refractivity contribution in [3.05, 3.63) is 33.5 Å². The molecular formula is C14H16ClNO2S. The Balaban J connectivity index is 2.46. The number of methoxy groups -OCH3 is 2. The highest BCUT2D eigenvalue weighted by molar-refractivity contribution is 7.10. The van der Waals surface area contributed by atoms with Gasteiger partial charge in [0, 0.05) is 17.0 Å². The second-order valence-corrected chi connectivity index (χ2v) is 5.37. The second-order valence-electron chi connectivity index (χ2n) is 3.99. The quantitative estimate of drug-likeness (QED) is 0.910. The number of ether oxygens (including phenoxy) is 2. The highest BCUT2D eigenvalue weighted by Gasteiger charge is 2.15. The van der Waals surface area contributed by atoms with E-state index in [1.165, 1.54) is 4.88 Å². The van der Waals surface area contributed by atoms with Crippen LogP contribution < -0.4 is 14.8 Å². The Hall–Kier alpha value is -1.23. The lowest BCUT2D eigenvalue weighted by molar-refractivity contribution is 0.396. The van der Waals surface area contributed by atoms with Crippen molar-refractivity contribution in [2.75, 3.05) is 21.3 Å². The minimum absolute atomic E-state index is 0.504. The predicted molar refractivity (Wildman–Crippen MR) is 80.6 cm³/mol. The van der Waals surface area contributed by atoms with Crippen LogP contribution in [0.1, 0.15) is 4.88 Å². The first kappa shape index (κ1) is 14.2. The van der Waals surface area contributed by atoms with E-state index in [-0.39, 0.29) is 0 Å². The molecule has 1 aromatic heterocycles. The molecule has 0 fully saturated rings. The zero-order valence-electron chi connectivity index (χ0n) is 11.1. The number of nitrogens with one attached hydrogen (secondary N) is 1. The molecule has 0 aliphatic rings. The molecule has 0 saturated carbocycles. The molecule has 0 saturated heterocycles. The number of halogens is 1. The van der Waals surface area contributed by atoms with Crippen molar-refractivity contribution in [3.63, 3.8) is 0 Å². The normalized spacial score (nSPS) is 10.5. The number of benzene rings is 1. The molecule has 0 bridgehead atoms. The Bertz CT molecular complexity index is 569. The van der Waals surface area contributed by atoms with E-state index in [0.717, 1.165) is 17.7 Å². The van der Waals surface area contributed by atoms with E-state index in [9.17, 15) is 0 Å². The van der Waals surface area contributed by atoms with Gasteiger partial charge in [0.1, 0.15) is 16.5 Å². The third kappa shape index (κ3) is 2.86. The SMILES string of the molecule is CNCc1cc(-c2ccc(OC)c(Cl)c2OC)cs1. The number of hydrogen-bond donors (Lipinski definition) is 1. The third-order valence-corrected chi connectivity index (χ3v) is 4.10. The van der Waals surface area contributed by atoms with Crippen molar-refractivity contribution in [2.45, 2.75) is 6.54 Å². The molecule has 0 unspecified atom stereocenters. The Morgan fingerprint density at radius 3 is 2.68 bits per heavy atom. The van der Waals surface area contributed by atoms with Gasteiger partial charge in [-0.25, -0.2) is 0 Å². The molecule has 0 atom stereocenters. The summed E-state index contributed by atoms with van der Waals surface area (Å²) in [5, 5.41) is 5.75. The lowest BCUT2D eigenvalue weighted by atomic mass is 10.1. The molecule has 0 amide bonds. The molecule has 2 aromatic rings. The smallest absolute Gasteiger partial charge is 0.149 e. The fourth-order valence-corrected chi connectivity index (χ4v) is 3.13. The molecule has 1 N–H and O–H groups in total. The van der Waals surface area contributed by atoms with Crippen LogP contribution in [0.4, 0.5) is 0 Å². The summed E-state index contributed by atoms with van der Waals surface area (Å²) < 4.78 is 10.6. The van der Waals surface area contributed by atoms with Gasteiger partial charge in [-0.05, 0) is 36.2 Å². The molecule has 1 heterocycles. The minimum atomic E-state index is 0.504. The van der Waals surface area contributed by atoms with Crippen LogP contribution in [0, 0.1) is 0 Å². The summed E-state index contributed by atoms with van der Waals surface area (Å²) in [6.07, 6.45) is 0. The van der Waals surface area contributed by atoms with E-state index in [4.69, 9.17) is 21.1 Å². The lowest BCUT2D eigenvalue weighted by Gasteiger charge is -2.12. The standard InChI is InChI=1S/C14H16ClNO2S/c1-16-7-10-6-9(8-19-10)11-4-5-12(17-2)13(15)14(11)18-3/h4-6,8,16H,7H2,1-3H3. The first-order valence-corrected chi connectivity index (χ1v) is 7.09. The van der Waals surface area contributed by atoms with E-state index in [0.29, 0.717) is 16.5 Å². The van der Waals surface area contributed by atoms with Crippen LogP contribution in [-0.4, -0.2) is 21.3 Å². The van der Waals surface area contributed by atoms with Gasteiger partial charge in [0.15, 0.2) is 0 Å². The predicted octanol–water partition coefficient (Wildman–Crippen LogP) is 3.81. The largest absolute Gasteiger partial charge is 0.495 e. The molecule has 0 radical (unpaired) electrons. The molecule has 102 valence electrons. The molecule has 19 heavy (non-hydrogen) atoms. The van der Waals surface area contributed by atoms with Gasteiger partial charge in [-0.3, -0.25) is 0 Å². The van der Waals surface area contributed by atoms with Gasteiger partial charge in [0.2, 0.25) is 0 Å². The van der Waals surface area contributed by atoms with E-state index in [2.05, 4.69) is 16.8 Å². The van der Waals surface area contributed by atoms with Crippen molar-refractivity contribution >= 4 is 22.9 Å². The van der Waals surface area contributed by atoms with Crippen LogP contribution in [0.5, 0.6) is 11.5 Å². The Morgan fingerprint density at radius 2 is 2.05 bits per heavy atom. The molecule has 5 heteroatoms. The summed E-state index contributed by atoms with van der Waals surface area (Å²) in [5.41, 5.74) is 2.09. The Morgan fingerprint density at radius 1 is 1.26 bits per heavy atom. The third-order valence-electron chi connectivity index (χ3n) is 2.80. The van der Waals surface area contributed by atoms with Crippen molar-refractivity contribution in [1.29, 1.82) is 0 Å². The molecule has 0 spiro atoms. The van der Waals surface area contributed by atoms with Gasteiger partial charge in [-0.2, -0.15) is 0 Å². The van der Waals surface area contributed by atoms with Gasteiger partial charge in [0.05, 0.1) is 14.2 Å². The van der Waals surface area contributed by atoms with E-state index in [1.54, 1.807) is 25.6 Å². The summed E-state index contributed by atoms with van der Waals surface area (Å²) >= 11 is 7.98. The highest BCUT2D eigenvalue weighted by atomic mass is 35.5. The number of rotatable bonds is 5. The average molecular weight is 298 g/mol. The number of thiophene rings is 1. The fraction of sp³-hybridized carbons (Fsp3) is 0.286. The van der Waals surface area contributed by atoms with Crippen molar-refractivity contribution < 1.29 is 9.47 Å².